The summed E-state index contributed by atoms with van der Waals surface area (Å²) in [7, 11) is 0. The van der Waals surface area contributed by atoms with Crippen molar-refractivity contribution in [3.63, 3.8) is 0 Å². The monoisotopic (exact) mass is 257 g/mol. The molecule has 1 aromatic carbocycles. The van der Waals surface area contributed by atoms with Gasteiger partial charge >= 0.3 is 0 Å². The summed E-state index contributed by atoms with van der Waals surface area (Å²) >= 11 is 0. The maximum Gasteiger partial charge on any atom is 0.159 e. The van der Waals surface area contributed by atoms with Gasteiger partial charge in [0, 0.05) is 12.6 Å². The van der Waals surface area contributed by atoms with Gasteiger partial charge in [0.1, 0.15) is 0 Å². The Hall–Kier alpha value is -1.69. The van der Waals surface area contributed by atoms with Gasteiger partial charge in [0.05, 0.1) is 6.54 Å². The average Bonchev–Trinajstić information content (AvgIpc) is 2.32. The molecule has 1 rings (SSSR count). The van der Waals surface area contributed by atoms with Crippen molar-refractivity contribution in [2.24, 2.45) is 10.9 Å². The number of nitrogens with two attached hydrogens (primary N) is 1. The lowest BCUT2D eigenvalue weighted by Crippen LogP contribution is -2.38. The molecular weight excluding hydrogens is 240 g/mol. The van der Waals surface area contributed by atoms with Crippen LogP contribution in [0.15, 0.2) is 23.4 Å². The van der Waals surface area contributed by atoms with Gasteiger partial charge in [0.2, 0.25) is 0 Å². The van der Waals surface area contributed by atoms with Crippen LogP contribution < -0.4 is 5.73 Å². The van der Waals surface area contributed by atoms with E-state index in [0.29, 0.717) is 12.1 Å². The minimum Gasteiger partial charge on any atom is -0.409 e. The van der Waals surface area contributed by atoms with Crippen LogP contribution in [-0.2, 0) is 6.54 Å². The number of rotatable bonds is 5. The fourth-order valence-corrected chi connectivity index (χ4v) is 1.53. The van der Waals surface area contributed by atoms with E-state index in [0.717, 1.165) is 12.1 Å². The van der Waals surface area contributed by atoms with Crippen molar-refractivity contribution in [2.45, 2.75) is 26.4 Å². The predicted molar refractivity (Wildman–Crippen MR) is 65.3 cm³/mol. The van der Waals surface area contributed by atoms with Crippen LogP contribution in [0.5, 0.6) is 0 Å². The zero-order valence-corrected chi connectivity index (χ0v) is 10.4. The minimum atomic E-state index is -0.875. The smallest absolute Gasteiger partial charge is 0.159 e. The van der Waals surface area contributed by atoms with Gasteiger partial charge in [-0.1, -0.05) is 11.2 Å². The zero-order chi connectivity index (χ0) is 13.7. The number of oxime groups is 1. The van der Waals surface area contributed by atoms with Gasteiger partial charge in [-0.15, -0.1) is 0 Å². The third-order valence-electron chi connectivity index (χ3n) is 2.59. The number of hydrogen-bond acceptors (Lipinski definition) is 3. The second kappa shape index (κ2) is 6.30. The largest absolute Gasteiger partial charge is 0.409 e. The van der Waals surface area contributed by atoms with E-state index in [2.05, 4.69) is 5.16 Å². The fraction of sp³-hybridized carbons (Fsp3) is 0.417. The number of amidine groups is 1. The quantitative estimate of drug-likeness (QED) is 0.366. The van der Waals surface area contributed by atoms with Crippen LogP contribution in [0.25, 0.3) is 0 Å². The summed E-state index contributed by atoms with van der Waals surface area (Å²) in [6.45, 7) is 4.52. The summed E-state index contributed by atoms with van der Waals surface area (Å²) in [5, 5.41) is 11.4. The molecule has 6 heteroatoms. The molecule has 0 fully saturated rings. The van der Waals surface area contributed by atoms with Gasteiger partial charge < -0.3 is 10.9 Å². The molecule has 3 N–H and O–H groups in total. The highest BCUT2D eigenvalue weighted by molar-refractivity contribution is 5.81. The molecular formula is C12H17F2N3O. The van der Waals surface area contributed by atoms with E-state index in [-0.39, 0.29) is 18.4 Å². The molecule has 0 spiro atoms. The molecule has 0 aliphatic heterocycles. The molecule has 0 saturated carbocycles. The van der Waals surface area contributed by atoms with Crippen LogP contribution in [0.1, 0.15) is 19.4 Å². The van der Waals surface area contributed by atoms with Crippen molar-refractivity contribution in [2.75, 3.05) is 6.54 Å². The van der Waals surface area contributed by atoms with Gasteiger partial charge in [-0.25, -0.2) is 8.78 Å². The second-order valence-corrected chi connectivity index (χ2v) is 4.34. The summed E-state index contributed by atoms with van der Waals surface area (Å²) in [4.78, 5) is 1.88. The molecule has 0 unspecified atom stereocenters. The van der Waals surface area contributed by atoms with Crippen LogP contribution in [-0.4, -0.2) is 28.5 Å². The molecule has 0 saturated heterocycles. The lowest BCUT2D eigenvalue weighted by atomic mass is 10.1. The van der Waals surface area contributed by atoms with E-state index >= 15 is 0 Å². The number of hydrogen-bond donors (Lipinski definition) is 2. The molecule has 18 heavy (non-hydrogen) atoms. The molecule has 0 radical (unpaired) electrons. The van der Waals surface area contributed by atoms with Gasteiger partial charge in [-0.3, -0.25) is 4.90 Å². The first-order valence-corrected chi connectivity index (χ1v) is 5.58. The van der Waals surface area contributed by atoms with E-state index in [4.69, 9.17) is 10.9 Å². The van der Waals surface area contributed by atoms with Gasteiger partial charge in [-0.05, 0) is 31.5 Å². The molecule has 0 aliphatic rings. The first kappa shape index (κ1) is 14.4. The molecule has 0 amide bonds. The average molecular weight is 257 g/mol. The normalized spacial score (nSPS) is 12.4. The van der Waals surface area contributed by atoms with Crippen LogP contribution >= 0.6 is 0 Å². The van der Waals surface area contributed by atoms with E-state index in [9.17, 15) is 8.78 Å². The molecule has 0 heterocycles. The van der Waals surface area contributed by atoms with Crippen LogP contribution in [0, 0.1) is 11.6 Å². The lowest BCUT2D eigenvalue weighted by Gasteiger charge is -2.25. The van der Waals surface area contributed by atoms with Gasteiger partial charge in [0.25, 0.3) is 0 Å². The number of halogens is 2. The lowest BCUT2D eigenvalue weighted by molar-refractivity contribution is 0.238. The third-order valence-corrected chi connectivity index (χ3v) is 2.59. The molecule has 1 aromatic rings. The Labute approximate surface area is 105 Å². The molecule has 0 aromatic heterocycles. The van der Waals surface area contributed by atoms with E-state index in [1.807, 2.05) is 18.7 Å². The van der Waals surface area contributed by atoms with Crippen molar-refractivity contribution in [1.82, 2.24) is 4.90 Å². The van der Waals surface area contributed by atoms with Crippen molar-refractivity contribution in [3.05, 3.63) is 35.4 Å². The maximum atomic E-state index is 13.1. The summed E-state index contributed by atoms with van der Waals surface area (Å²) in [6, 6.07) is 3.88. The Morgan fingerprint density at radius 1 is 1.39 bits per heavy atom. The first-order chi connectivity index (χ1) is 8.43. The summed E-state index contributed by atoms with van der Waals surface area (Å²) in [6.07, 6.45) is 0. The van der Waals surface area contributed by atoms with Gasteiger partial charge in [0.15, 0.2) is 17.5 Å². The SMILES string of the molecule is CC(C)N(C/C(N)=N/O)Cc1ccc(F)c(F)c1. The standard InChI is InChI=1S/C12H17F2N3O/c1-8(2)17(7-12(15)16-18)6-9-3-4-10(13)11(14)5-9/h3-5,8,18H,6-7H2,1-2H3,(H2,15,16). The van der Waals surface area contributed by atoms with Crippen molar-refractivity contribution < 1.29 is 14.0 Å². The molecule has 4 nitrogen and oxygen atoms in total. The Morgan fingerprint density at radius 3 is 2.56 bits per heavy atom. The van der Waals surface area contributed by atoms with E-state index in [1.165, 1.54) is 6.07 Å². The Bertz CT molecular complexity index is 435. The molecule has 0 aliphatic carbocycles. The molecule has 0 atom stereocenters. The van der Waals surface area contributed by atoms with Crippen molar-refractivity contribution in [1.29, 1.82) is 0 Å². The van der Waals surface area contributed by atoms with Gasteiger partial charge in [-0.2, -0.15) is 0 Å². The van der Waals surface area contributed by atoms with E-state index in [1.54, 1.807) is 0 Å². The zero-order valence-electron chi connectivity index (χ0n) is 10.4. The van der Waals surface area contributed by atoms with Crippen molar-refractivity contribution >= 4 is 5.84 Å². The Morgan fingerprint density at radius 2 is 2.06 bits per heavy atom. The summed E-state index contributed by atoms with van der Waals surface area (Å²) in [5.74, 6) is -1.67. The maximum absolute atomic E-state index is 13.1. The van der Waals surface area contributed by atoms with Crippen LogP contribution in [0.4, 0.5) is 8.78 Å². The third kappa shape index (κ3) is 3.96. The minimum absolute atomic E-state index is 0.0753. The predicted octanol–water partition coefficient (Wildman–Crippen LogP) is 1.92. The first-order valence-electron chi connectivity index (χ1n) is 5.58. The highest BCUT2D eigenvalue weighted by Crippen LogP contribution is 2.12. The second-order valence-electron chi connectivity index (χ2n) is 4.34. The summed E-state index contributed by atoms with van der Waals surface area (Å²) in [5.41, 5.74) is 6.08. The highest BCUT2D eigenvalue weighted by Gasteiger charge is 2.13. The highest BCUT2D eigenvalue weighted by atomic mass is 19.2. The van der Waals surface area contributed by atoms with Crippen LogP contribution in [0.2, 0.25) is 0 Å². The number of nitrogens with zero attached hydrogens (tertiary/aromatic N) is 2. The fourth-order valence-electron chi connectivity index (χ4n) is 1.53. The van der Waals surface area contributed by atoms with Crippen molar-refractivity contribution in [3.8, 4) is 0 Å². The summed E-state index contributed by atoms with van der Waals surface area (Å²) < 4.78 is 25.9. The number of benzene rings is 1. The molecule has 100 valence electrons. The van der Waals surface area contributed by atoms with E-state index < -0.39 is 11.6 Å². The Kier molecular flexibility index (Phi) is 5.03. The van der Waals surface area contributed by atoms with Crippen LogP contribution in [0.3, 0.4) is 0 Å². The molecule has 0 bridgehead atoms. The Balaban J connectivity index is 2.80. The topological polar surface area (TPSA) is 61.8 Å².